The average molecular weight is 247 g/mol. The van der Waals surface area contributed by atoms with Gasteiger partial charge in [0.25, 0.3) is 5.91 Å². The number of piperidine rings is 1. The van der Waals surface area contributed by atoms with Gasteiger partial charge in [0.2, 0.25) is 0 Å². The van der Waals surface area contributed by atoms with Crippen molar-refractivity contribution in [2.75, 3.05) is 25.5 Å². The quantitative estimate of drug-likeness (QED) is 0.757. The van der Waals surface area contributed by atoms with Gasteiger partial charge in [-0.2, -0.15) is 0 Å². The molecule has 0 radical (unpaired) electrons. The lowest BCUT2D eigenvalue weighted by Crippen LogP contribution is -2.39. The van der Waals surface area contributed by atoms with Crippen LogP contribution in [0.2, 0.25) is 0 Å². The van der Waals surface area contributed by atoms with E-state index >= 15 is 0 Å². The zero-order valence-electron chi connectivity index (χ0n) is 10.8. The molecule has 1 heterocycles. The molecule has 1 fully saturated rings. The van der Waals surface area contributed by atoms with Gasteiger partial charge in [0.1, 0.15) is 0 Å². The Morgan fingerprint density at radius 1 is 1.44 bits per heavy atom. The second-order valence-electron chi connectivity index (χ2n) is 4.69. The van der Waals surface area contributed by atoms with E-state index in [0.717, 1.165) is 18.8 Å². The molecule has 0 spiro atoms. The first kappa shape index (κ1) is 12.9. The fourth-order valence-corrected chi connectivity index (χ4v) is 2.25. The molecule has 4 heteroatoms. The summed E-state index contributed by atoms with van der Waals surface area (Å²) in [6, 6.07) is 8.16. The molecule has 0 saturated carbocycles. The van der Waals surface area contributed by atoms with Crippen LogP contribution in [0.1, 0.15) is 29.6 Å². The lowest BCUT2D eigenvalue weighted by atomic mass is 10.0. The fourth-order valence-electron chi connectivity index (χ4n) is 2.25. The van der Waals surface area contributed by atoms with E-state index in [2.05, 4.69) is 16.0 Å². The van der Waals surface area contributed by atoms with Gasteiger partial charge in [-0.1, -0.05) is 12.5 Å². The molecule has 1 unspecified atom stereocenters. The molecule has 98 valence electrons. The Morgan fingerprint density at radius 3 is 3.06 bits per heavy atom. The van der Waals surface area contributed by atoms with Gasteiger partial charge in [-0.3, -0.25) is 4.79 Å². The predicted octanol–water partition coefficient (Wildman–Crippen LogP) is 1.60. The normalized spacial score (nSPS) is 19.3. The first-order valence-electron chi connectivity index (χ1n) is 6.59. The molecular formula is C14H21N3O. The molecule has 1 aromatic carbocycles. The van der Waals surface area contributed by atoms with E-state index in [0.29, 0.717) is 11.6 Å². The van der Waals surface area contributed by atoms with Gasteiger partial charge in [0, 0.05) is 30.9 Å². The first-order chi connectivity index (χ1) is 8.79. The first-order valence-corrected chi connectivity index (χ1v) is 6.59. The lowest BCUT2D eigenvalue weighted by molar-refractivity contribution is 0.0963. The van der Waals surface area contributed by atoms with Crippen LogP contribution in [0.5, 0.6) is 0 Å². The van der Waals surface area contributed by atoms with Crippen molar-refractivity contribution >= 4 is 11.6 Å². The van der Waals surface area contributed by atoms with E-state index < -0.39 is 0 Å². The Kier molecular flexibility index (Phi) is 4.59. The van der Waals surface area contributed by atoms with Crippen molar-refractivity contribution in [1.82, 2.24) is 10.6 Å². The SMILES string of the molecule is CNC(=O)c1cccc(NCC2CCCCN2)c1. The summed E-state index contributed by atoms with van der Waals surface area (Å²) in [7, 11) is 1.65. The molecule has 0 bridgehead atoms. The summed E-state index contributed by atoms with van der Waals surface area (Å²) in [5, 5.41) is 9.52. The van der Waals surface area contributed by atoms with Crippen LogP contribution in [0.3, 0.4) is 0 Å². The summed E-state index contributed by atoms with van der Waals surface area (Å²) in [6.45, 7) is 2.03. The lowest BCUT2D eigenvalue weighted by Gasteiger charge is -2.24. The van der Waals surface area contributed by atoms with E-state index in [-0.39, 0.29) is 5.91 Å². The van der Waals surface area contributed by atoms with Crippen LogP contribution >= 0.6 is 0 Å². The highest BCUT2D eigenvalue weighted by Crippen LogP contribution is 2.12. The Morgan fingerprint density at radius 2 is 2.33 bits per heavy atom. The molecule has 1 atom stereocenters. The summed E-state index contributed by atoms with van der Waals surface area (Å²) in [6.07, 6.45) is 3.81. The Balaban J connectivity index is 1.90. The van der Waals surface area contributed by atoms with Crippen LogP contribution in [0.25, 0.3) is 0 Å². The van der Waals surface area contributed by atoms with Gasteiger partial charge < -0.3 is 16.0 Å². The van der Waals surface area contributed by atoms with Crippen molar-refractivity contribution in [3.05, 3.63) is 29.8 Å². The molecule has 1 aliphatic heterocycles. The maximum absolute atomic E-state index is 11.5. The predicted molar refractivity (Wildman–Crippen MR) is 74.0 cm³/mol. The van der Waals surface area contributed by atoms with E-state index in [1.165, 1.54) is 19.3 Å². The molecule has 1 amide bonds. The standard InChI is InChI=1S/C14H21N3O/c1-15-14(18)11-5-4-7-12(9-11)17-10-13-6-2-3-8-16-13/h4-5,7,9,13,16-17H,2-3,6,8,10H2,1H3,(H,15,18). The largest absolute Gasteiger partial charge is 0.383 e. The summed E-state index contributed by atoms with van der Waals surface area (Å²) < 4.78 is 0. The van der Waals surface area contributed by atoms with Gasteiger partial charge in [-0.25, -0.2) is 0 Å². The fraction of sp³-hybridized carbons (Fsp3) is 0.500. The van der Waals surface area contributed by atoms with Crippen molar-refractivity contribution in [3.8, 4) is 0 Å². The molecule has 18 heavy (non-hydrogen) atoms. The molecule has 1 aromatic rings. The third kappa shape index (κ3) is 3.47. The number of carbonyl (C=O) groups excluding carboxylic acids is 1. The van der Waals surface area contributed by atoms with Crippen LogP contribution in [-0.2, 0) is 0 Å². The van der Waals surface area contributed by atoms with E-state index in [1.54, 1.807) is 7.05 Å². The number of amides is 1. The third-order valence-electron chi connectivity index (χ3n) is 3.32. The van der Waals surface area contributed by atoms with Gasteiger partial charge in [0.15, 0.2) is 0 Å². The summed E-state index contributed by atoms with van der Waals surface area (Å²) >= 11 is 0. The topological polar surface area (TPSA) is 53.2 Å². The molecule has 0 aliphatic carbocycles. The van der Waals surface area contributed by atoms with Crippen LogP contribution in [0.4, 0.5) is 5.69 Å². The second kappa shape index (κ2) is 6.40. The molecule has 1 saturated heterocycles. The minimum Gasteiger partial charge on any atom is -0.383 e. The van der Waals surface area contributed by atoms with E-state index in [9.17, 15) is 4.79 Å². The van der Waals surface area contributed by atoms with Gasteiger partial charge in [0.05, 0.1) is 0 Å². The zero-order chi connectivity index (χ0) is 12.8. The number of nitrogens with one attached hydrogen (secondary N) is 3. The minimum absolute atomic E-state index is 0.0468. The molecule has 2 rings (SSSR count). The van der Waals surface area contributed by atoms with Gasteiger partial charge >= 0.3 is 0 Å². The number of carbonyl (C=O) groups is 1. The summed E-state index contributed by atoms with van der Waals surface area (Å²) in [5.41, 5.74) is 1.70. The molecular weight excluding hydrogens is 226 g/mol. The van der Waals surface area contributed by atoms with Crippen LogP contribution in [0, 0.1) is 0 Å². The van der Waals surface area contributed by atoms with Crippen LogP contribution < -0.4 is 16.0 Å². The molecule has 3 N–H and O–H groups in total. The number of anilines is 1. The molecule has 4 nitrogen and oxygen atoms in total. The van der Waals surface area contributed by atoms with Crippen molar-refractivity contribution in [1.29, 1.82) is 0 Å². The highest BCUT2D eigenvalue weighted by atomic mass is 16.1. The zero-order valence-corrected chi connectivity index (χ0v) is 10.8. The second-order valence-corrected chi connectivity index (χ2v) is 4.69. The monoisotopic (exact) mass is 247 g/mol. The summed E-state index contributed by atoms with van der Waals surface area (Å²) in [5.74, 6) is -0.0468. The minimum atomic E-state index is -0.0468. The van der Waals surface area contributed by atoms with Gasteiger partial charge in [-0.15, -0.1) is 0 Å². The smallest absolute Gasteiger partial charge is 0.251 e. The highest BCUT2D eigenvalue weighted by Gasteiger charge is 2.12. The Hall–Kier alpha value is -1.55. The number of rotatable bonds is 4. The number of hydrogen-bond acceptors (Lipinski definition) is 3. The van der Waals surface area contributed by atoms with Gasteiger partial charge in [-0.05, 0) is 37.6 Å². The maximum Gasteiger partial charge on any atom is 0.251 e. The highest BCUT2D eigenvalue weighted by molar-refractivity contribution is 5.94. The molecule has 1 aliphatic rings. The Bertz CT molecular complexity index is 400. The summed E-state index contributed by atoms with van der Waals surface area (Å²) in [4.78, 5) is 11.5. The van der Waals surface area contributed by atoms with Crippen molar-refractivity contribution in [2.45, 2.75) is 25.3 Å². The van der Waals surface area contributed by atoms with Crippen LogP contribution in [0.15, 0.2) is 24.3 Å². The third-order valence-corrected chi connectivity index (χ3v) is 3.32. The van der Waals surface area contributed by atoms with Crippen molar-refractivity contribution in [3.63, 3.8) is 0 Å². The van der Waals surface area contributed by atoms with E-state index in [1.807, 2.05) is 24.3 Å². The Labute approximate surface area is 108 Å². The average Bonchev–Trinajstić information content (AvgIpc) is 2.45. The number of hydrogen-bond donors (Lipinski definition) is 3. The number of benzene rings is 1. The van der Waals surface area contributed by atoms with Crippen molar-refractivity contribution in [2.24, 2.45) is 0 Å². The maximum atomic E-state index is 11.5. The van der Waals surface area contributed by atoms with Crippen LogP contribution in [-0.4, -0.2) is 32.1 Å². The van der Waals surface area contributed by atoms with E-state index in [4.69, 9.17) is 0 Å². The molecule has 0 aromatic heterocycles. The van der Waals surface area contributed by atoms with Crippen molar-refractivity contribution < 1.29 is 4.79 Å².